The summed E-state index contributed by atoms with van der Waals surface area (Å²) in [5.74, 6) is 0.662. The number of carbonyl (C=O) groups is 1. The van der Waals surface area contributed by atoms with Gasteiger partial charge in [-0.2, -0.15) is 0 Å². The van der Waals surface area contributed by atoms with E-state index in [1.54, 1.807) is 12.1 Å². The highest BCUT2D eigenvalue weighted by Crippen LogP contribution is 2.31. The van der Waals surface area contributed by atoms with Crippen LogP contribution in [-0.4, -0.2) is 24.6 Å². The number of carbonyl (C=O) groups excluding carboxylic acids is 1. The maximum atomic E-state index is 12.2. The summed E-state index contributed by atoms with van der Waals surface area (Å²) in [6.45, 7) is 0.478. The van der Waals surface area contributed by atoms with Crippen LogP contribution in [0.5, 0.6) is 5.75 Å². The molecule has 2 N–H and O–H groups in total. The lowest BCUT2D eigenvalue weighted by molar-refractivity contribution is -0.128. The van der Waals surface area contributed by atoms with E-state index in [1.807, 2.05) is 6.07 Å². The number of anilines is 1. The third kappa shape index (κ3) is 3.01. The van der Waals surface area contributed by atoms with E-state index in [9.17, 15) is 4.79 Å². The predicted octanol–water partition coefficient (Wildman–Crippen LogP) is 2.96. The molecular weight excluding hydrogens is 276 g/mol. The van der Waals surface area contributed by atoms with Crippen LogP contribution in [0.2, 0.25) is 5.02 Å². The highest BCUT2D eigenvalue weighted by molar-refractivity contribution is 6.30. The first-order chi connectivity index (χ1) is 9.72. The van der Waals surface area contributed by atoms with Crippen LogP contribution in [0, 0.1) is 0 Å². The summed E-state index contributed by atoms with van der Waals surface area (Å²) in [5.41, 5.74) is 0.846. The molecule has 1 aromatic carbocycles. The molecule has 1 fully saturated rings. The maximum Gasteiger partial charge on any atom is 0.263 e. The van der Waals surface area contributed by atoms with Crippen LogP contribution in [0.25, 0.3) is 0 Å². The molecule has 0 aromatic heterocycles. The summed E-state index contributed by atoms with van der Waals surface area (Å²) >= 11 is 5.93. The molecule has 108 valence electrons. The Morgan fingerprint density at radius 1 is 1.30 bits per heavy atom. The average molecular weight is 295 g/mol. The van der Waals surface area contributed by atoms with Gasteiger partial charge in [0.25, 0.3) is 5.91 Å². The van der Waals surface area contributed by atoms with E-state index < -0.39 is 6.10 Å². The van der Waals surface area contributed by atoms with Crippen molar-refractivity contribution in [1.82, 2.24) is 5.32 Å². The first-order valence-electron chi connectivity index (χ1n) is 7.23. The van der Waals surface area contributed by atoms with Gasteiger partial charge in [-0.3, -0.25) is 4.79 Å². The van der Waals surface area contributed by atoms with E-state index in [1.165, 1.54) is 19.3 Å². The molecule has 5 heteroatoms. The Hall–Kier alpha value is -1.42. The molecule has 1 heterocycles. The fourth-order valence-corrected chi connectivity index (χ4v) is 3.00. The minimum atomic E-state index is -0.467. The van der Waals surface area contributed by atoms with Gasteiger partial charge >= 0.3 is 0 Å². The van der Waals surface area contributed by atoms with Crippen molar-refractivity contribution in [3.8, 4) is 5.75 Å². The SMILES string of the molecule is O=C(NC1CCCCC1)[C@@H]1CNc2cc(Cl)ccc2O1. The lowest BCUT2D eigenvalue weighted by Gasteiger charge is -2.29. The molecule has 1 saturated carbocycles. The molecule has 20 heavy (non-hydrogen) atoms. The number of nitrogens with one attached hydrogen (secondary N) is 2. The van der Waals surface area contributed by atoms with E-state index in [2.05, 4.69) is 10.6 Å². The largest absolute Gasteiger partial charge is 0.477 e. The number of hydrogen-bond acceptors (Lipinski definition) is 3. The van der Waals surface area contributed by atoms with Gasteiger partial charge in [0.05, 0.1) is 12.2 Å². The third-order valence-electron chi connectivity index (χ3n) is 3.93. The number of amides is 1. The van der Waals surface area contributed by atoms with Crippen molar-refractivity contribution in [3.63, 3.8) is 0 Å². The molecule has 3 rings (SSSR count). The molecule has 0 spiro atoms. The van der Waals surface area contributed by atoms with Gasteiger partial charge in [-0.1, -0.05) is 30.9 Å². The Morgan fingerprint density at radius 2 is 2.10 bits per heavy atom. The van der Waals surface area contributed by atoms with Gasteiger partial charge in [-0.25, -0.2) is 0 Å². The van der Waals surface area contributed by atoms with Crippen LogP contribution in [0.1, 0.15) is 32.1 Å². The monoisotopic (exact) mass is 294 g/mol. The lowest BCUT2D eigenvalue weighted by Crippen LogP contribution is -2.48. The van der Waals surface area contributed by atoms with Crippen LogP contribution in [0.3, 0.4) is 0 Å². The number of hydrogen-bond donors (Lipinski definition) is 2. The molecule has 1 atom stereocenters. The Balaban J connectivity index is 1.61. The minimum Gasteiger partial charge on any atom is -0.477 e. The number of halogens is 1. The Bertz CT molecular complexity index is 501. The highest BCUT2D eigenvalue weighted by atomic mass is 35.5. The van der Waals surface area contributed by atoms with Crippen LogP contribution in [0.4, 0.5) is 5.69 Å². The lowest BCUT2D eigenvalue weighted by atomic mass is 9.95. The summed E-state index contributed by atoms with van der Waals surface area (Å²) in [5, 5.41) is 6.96. The number of ether oxygens (including phenoxy) is 1. The third-order valence-corrected chi connectivity index (χ3v) is 4.17. The van der Waals surface area contributed by atoms with Crippen molar-refractivity contribution in [2.45, 2.75) is 44.2 Å². The molecule has 0 radical (unpaired) electrons. The summed E-state index contributed by atoms with van der Waals surface area (Å²) in [7, 11) is 0. The predicted molar refractivity (Wildman–Crippen MR) is 79.4 cm³/mol. The zero-order chi connectivity index (χ0) is 13.9. The van der Waals surface area contributed by atoms with Crippen molar-refractivity contribution in [3.05, 3.63) is 23.2 Å². The summed E-state index contributed by atoms with van der Waals surface area (Å²) < 4.78 is 5.76. The van der Waals surface area contributed by atoms with Gasteiger partial charge in [0, 0.05) is 11.1 Å². The Labute approximate surface area is 123 Å². The second-order valence-electron chi connectivity index (χ2n) is 5.47. The smallest absolute Gasteiger partial charge is 0.263 e. The molecule has 0 unspecified atom stereocenters. The zero-order valence-electron chi connectivity index (χ0n) is 11.3. The molecule has 4 nitrogen and oxygen atoms in total. The minimum absolute atomic E-state index is 0.0231. The summed E-state index contributed by atoms with van der Waals surface area (Å²) in [6, 6.07) is 5.69. The average Bonchev–Trinajstić information content (AvgIpc) is 2.47. The second-order valence-corrected chi connectivity index (χ2v) is 5.91. The van der Waals surface area contributed by atoms with Gasteiger partial charge in [0.2, 0.25) is 0 Å². The van der Waals surface area contributed by atoms with Gasteiger partial charge in [-0.05, 0) is 31.0 Å². The maximum absolute atomic E-state index is 12.2. The fraction of sp³-hybridized carbons (Fsp3) is 0.533. The quantitative estimate of drug-likeness (QED) is 0.882. The molecule has 0 bridgehead atoms. The first kappa shape index (κ1) is 13.6. The topological polar surface area (TPSA) is 50.4 Å². The Kier molecular flexibility index (Phi) is 4.01. The summed E-state index contributed by atoms with van der Waals surface area (Å²) in [4.78, 5) is 12.2. The molecule has 1 aliphatic carbocycles. The fourth-order valence-electron chi connectivity index (χ4n) is 2.83. The van der Waals surface area contributed by atoms with Crippen LogP contribution in [-0.2, 0) is 4.79 Å². The number of benzene rings is 1. The molecule has 1 aliphatic heterocycles. The highest BCUT2D eigenvalue weighted by Gasteiger charge is 2.27. The van der Waals surface area contributed by atoms with Crippen molar-refractivity contribution in [2.75, 3.05) is 11.9 Å². The normalized spacial score (nSPS) is 22.4. The van der Waals surface area contributed by atoms with Crippen LogP contribution < -0.4 is 15.4 Å². The van der Waals surface area contributed by atoms with Crippen molar-refractivity contribution in [1.29, 1.82) is 0 Å². The molecule has 1 aromatic rings. The van der Waals surface area contributed by atoms with E-state index in [-0.39, 0.29) is 5.91 Å². The van der Waals surface area contributed by atoms with Gasteiger partial charge < -0.3 is 15.4 Å². The zero-order valence-corrected chi connectivity index (χ0v) is 12.1. The van der Waals surface area contributed by atoms with Crippen LogP contribution >= 0.6 is 11.6 Å². The molecule has 2 aliphatic rings. The second kappa shape index (κ2) is 5.92. The molecular formula is C15H19ClN2O2. The van der Waals surface area contributed by atoms with Crippen LogP contribution in [0.15, 0.2) is 18.2 Å². The first-order valence-corrected chi connectivity index (χ1v) is 7.60. The number of rotatable bonds is 2. The number of fused-ring (bicyclic) bond motifs is 1. The Morgan fingerprint density at radius 3 is 2.90 bits per heavy atom. The van der Waals surface area contributed by atoms with Gasteiger partial charge in [0.1, 0.15) is 5.75 Å². The summed E-state index contributed by atoms with van der Waals surface area (Å²) in [6.07, 6.45) is 5.38. The van der Waals surface area contributed by atoms with Gasteiger partial charge in [0.15, 0.2) is 6.10 Å². The van der Waals surface area contributed by atoms with E-state index in [0.717, 1.165) is 18.5 Å². The van der Waals surface area contributed by atoms with E-state index >= 15 is 0 Å². The molecule has 1 amide bonds. The van der Waals surface area contributed by atoms with Crippen molar-refractivity contribution in [2.24, 2.45) is 0 Å². The van der Waals surface area contributed by atoms with E-state index in [0.29, 0.717) is 23.4 Å². The molecule has 0 saturated heterocycles. The standard InChI is InChI=1S/C15H19ClN2O2/c16-10-6-7-13-12(8-10)17-9-14(20-13)15(19)18-11-4-2-1-3-5-11/h6-8,11,14,17H,1-5,9H2,(H,18,19)/t14-/m0/s1. The van der Waals surface area contributed by atoms with Crippen molar-refractivity contribution >= 4 is 23.2 Å². The van der Waals surface area contributed by atoms with Crippen molar-refractivity contribution < 1.29 is 9.53 Å². The van der Waals surface area contributed by atoms with E-state index in [4.69, 9.17) is 16.3 Å². The van der Waals surface area contributed by atoms with Gasteiger partial charge in [-0.15, -0.1) is 0 Å².